The van der Waals surface area contributed by atoms with Crippen LogP contribution in [0.4, 0.5) is 0 Å². The number of nitrogens with zero attached hydrogens (tertiary/aromatic N) is 4. The molecule has 8 heterocycles. The summed E-state index contributed by atoms with van der Waals surface area (Å²) >= 11 is 23.6. The van der Waals surface area contributed by atoms with Crippen LogP contribution in [0.3, 0.4) is 0 Å². The van der Waals surface area contributed by atoms with E-state index < -0.39 is 0 Å². The summed E-state index contributed by atoms with van der Waals surface area (Å²) in [6, 6.07) is 10.3. The fourth-order valence-corrected chi connectivity index (χ4v) is 27.0. The average Bonchev–Trinajstić information content (AvgIpc) is 1.59. The third-order valence-electron chi connectivity index (χ3n) is 23.4. The van der Waals surface area contributed by atoms with Crippen LogP contribution in [0.2, 0.25) is 0 Å². The van der Waals surface area contributed by atoms with Gasteiger partial charge < -0.3 is 0 Å². The molecule has 0 amide bonds. The van der Waals surface area contributed by atoms with Crippen LogP contribution in [-0.2, 0) is 51.4 Å². The molecule has 0 N–H and O–H groups in total. The van der Waals surface area contributed by atoms with E-state index >= 15 is 0 Å². The van der Waals surface area contributed by atoms with Crippen LogP contribution in [0.25, 0.3) is 79.9 Å². The monoisotopic (exact) mass is 1790 g/mol. The molecule has 620 valence electrons. The molecule has 4 nitrogen and oxygen atoms in total. The first kappa shape index (κ1) is 93.6. The molecule has 10 rings (SSSR count). The smallest absolute Gasteiger partial charge is 0.134 e. The molecule has 0 aliphatic heterocycles. The van der Waals surface area contributed by atoms with Gasteiger partial charge in [0.1, 0.15) is 20.0 Å². The second kappa shape index (κ2) is 53.4. The molecule has 0 aliphatic rings. The zero-order valence-electron chi connectivity index (χ0n) is 71.7. The van der Waals surface area contributed by atoms with Crippen molar-refractivity contribution in [1.29, 1.82) is 0 Å². The molecule has 0 spiro atoms. The van der Waals surface area contributed by atoms with E-state index in [4.69, 9.17) is 19.9 Å². The van der Waals surface area contributed by atoms with Gasteiger partial charge in [-0.2, -0.15) is 0 Å². The lowest BCUT2D eigenvalue weighted by molar-refractivity contribution is 0.605. The maximum atomic E-state index is 5.36. The third kappa shape index (κ3) is 29.0. The maximum Gasteiger partial charge on any atom is 0.134 e. The minimum Gasteiger partial charge on any atom is -0.240 e. The van der Waals surface area contributed by atoms with Crippen molar-refractivity contribution >= 4 is 163 Å². The normalized spacial score (nSPS) is 12.0. The number of rotatable bonds is 60. The number of aromatic nitrogens is 4. The van der Waals surface area contributed by atoms with Gasteiger partial charge in [0.15, 0.2) is 0 Å². The van der Waals surface area contributed by atoms with E-state index in [9.17, 15) is 0 Å². The third-order valence-corrected chi connectivity index (χ3v) is 34.6. The molecule has 10 aromatic rings. The van der Waals surface area contributed by atoms with Crippen LogP contribution in [-0.4, -0.2) is 19.9 Å². The summed E-state index contributed by atoms with van der Waals surface area (Å²) in [5.41, 5.74) is 11.6. The molecule has 0 saturated heterocycles. The molecular weight excluding hydrogens is 1650 g/mol. The molecule has 2 aromatic carbocycles. The van der Waals surface area contributed by atoms with Crippen molar-refractivity contribution < 1.29 is 0 Å². The molecule has 0 fully saturated rings. The van der Waals surface area contributed by atoms with E-state index in [2.05, 4.69) is 148 Å². The van der Waals surface area contributed by atoms with Crippen LogP contribution in [0.1, 0.15) is 418 Å². The first-order chi connectivity index (χ1) is 55.0. The number of benzene rings is 2. The van der Waals surface area contributed by atoms with Crippen LogP contribution in [0.15, 0.2) is 31.8 Å². The highest BCUT2D eigenvalue weighted by Gasteiger charge is 2.26. The molecule has 0 unspecified atom stereocenters. The van der Waals surface area contributed by atoms with E-state index in [1.54, 1.807) is 31.7 Å². The van der Waals surface area contributed by atoms with E-state index in [-0.39, 0.29) is 0 Å². The Labute approximate surface area is 730 Å². The second-order valence-corrected chi connectivity index (χ2v) is 44.2. The minimum atomic E-state index is 1.08. The first-order valence-corrected chi connectivity index (χ1v) is 54.3. The predicted octanol–water partition coefficient (Wildman–Crippen LogP) is 38.1. The highest BCUT2D eigenvalue weighted by Crippen LogP contribution is 2.51. The van der Waals surface area contributed by atoms with Gasteiger partial charge in [0.05, 0.1) is 49.9 Å². The minimum absolute atomic E-state index is 1.08. The second-order valence-electron chi connectivity index (χ2n) is 33.0. The number of aryl methyl sites for hydroxylation is 10. The number of halogens is 2. The van der Waals surface area contributed by atoms with Gasteiger partial charge in [-0.3, -0.25) is 0 Å². The fraction of sp³-hybridized carbons (Fsp3) is 0.673. The number of fused-ring (bicyclic) bond motifs is 4. The maximum absolute atomic E-state index is 5.36. The van der Waals surface area contributed by atoms with Crippen LogP contribution >= 0.6 is 123 Å². The summed E-state index contributed by atoms with van der Waals surface area (Å²) in [4.78, 5) is 29.7. The molecule has 0 radical (unpaired) electrons. The molecular formula is C98H146Br2N4S8. The van der Waals surface area contributed by atoms with Gasteiger partial charge in [-0.05, 0) is 217 Å². The van der Waals surface area contributed by atoms with Crippen LogP contribution < -0.4 is 0 Å². The molecule has 112 heavy (non-hydrogen) atoms. The molecule has 0 aliphatic carbocycles. The van der Waals surface area contributed by atoms with Gasteiger partial charge in [-0.1, -0.05) is 312 Å². The molecule has 0 saturated carbocycles. The summed E-state index contributed by atoms with van der Waals surface area (Å²) in [5.74, 6) is 0. The predicted molar refractivity (Wildman–Crippen MR) is 520 cm³/mol. The number of hydrogen-bond donors (Lipinski definition) is 0. The van der Waals surface area contributed by atoms with Gasteiger partial charge >= 0.3 is 0 Å². The van der Waals surface area contributed by atoms with Crippen molar-refractivity contribution in [2.75, 3.05) is 0 Å². The standard InChI is InChI=1S/C50H76N2S4.C48H70Br2N2S4/c1-7-11-15-19-23-27-31-39-41-35-45(49-51-43(37(5)53-49)33-29-25-21-17-13-9-3)56-48(41)40(32-28-24-20-16-12-8-2)42-36-46(55-47(39)42)50-52-44(38(6)54-50)34-30-26-22-18-14-10-4;1-5-9-13-17-21-25-29-35-37-33-41(47-51-39(45(49)55-47)31-27-23-19-15-11-7-3)54-44(37)36(30-26-22-18-14-10-6-2)38-34-42(53-43(35)38)48-52-40(46(50)56-48)32-28-24-20-16-12-8-4/h35-36H,7-34H2,1-6H3;33-34H,5-32H2,1-4H3. The Balaban J connectivity index is 0.000000257. The zero-order chi connectivity index (χ0) is 79.1. The van der Waals surface area contributed by atoms with Crippen LogP contribution in [0.5, 0.6) is 0 Å². The van der Waals surface area contributed by atoms with Crippen molar-refractivity contribution in [2.24, 2.45) is 0 Å². The lowest BCUT2D eigenvalue weighted by atomic mass is 9.94. The van der Waals surface area contributed by atoms with Crippen molar-refractivity contribution in [3.05, 3.63) is 86.6 Å². The van der Waals surface area contributed by atoms with Crippen molar-refractivity contribution in [3.63, 3.8) is 0 Å². The summed E-state index contributed by atoms with van der Waals surface area (Å²) in [7, 11) is 0. The van der Waals surface area contributed by atoms with E-state index in [1.807, 2.05) is 68.0 Å². The Morgan fingerprint density at radius 1 is 0.214 bits per heavy atom. The average molecular weight is 1800 g/mol. The number of hydrogen-bond acceptors (Lipinski definition) is 12. The highest BCUT2D eigenvalue weighted by molar-refractivity contribution is 9.11. The highest BCUT2D eigenvalue weighted by atomic mass is 79.9. The van der Waals surface area contributed by atoms with Crippen molar-refractivity contribution in [2.45, 2.75) is 429 Å². The van der Waals surface area contributed by atoms with Gasteiger partial charge in [-0.25, -0.2) is 19.9 Å². The van der Waals surface area contributed by atoms with E-state index in [0.717, 1.165) is 38.5 Å². The van der Waals surface area contributed by atoms with Gasteiger partial charge in [0.25, 0.3) is 0 Å². The topological polar surface area (TPSA) is 51.6 Å². The van der Waals surface area contributed by atoms with Crippen molar-refractivity contribution in [3.8, 4) is 39.5 Å². The summed E-state index contributed by atoms with van der Waals surface area (Å²) < 4.78 is 8.62. The van der Waals surface area contributed by atoms with E-state index in [1.165, 1.54) is 432 Å². The lowest BCUT2D eigenvalue weighted by Gasteiger charge is -2.12. The van der Waals surface area contributed by atoms with E-state index in [0.29, 0.717) is 0 Å². The largest absolute Gasteiger partial charge is 0.240 e. The van der Waals surface area contributed by atoms with Gasteiger partial charge in [0, 0.05) is 28.6 Å². The summed E-state index contributed by atoms with van der Waals surface area (Å²) in [6.07, 6.45) is 72.9. The quantitative estimate of drug-likeness (QED) is 0.0357. The summed E-state index contributed by atoms with van der Waals surface area (Å²) in [5, 5.41) is 11.0. The molecule has 8 aromatic heterocycles. The number of thiazole rings is 4. The Hall–Kier alpha value is -2.24. The SMILES string of the molecule is CCCCCCCCc1nc(-c2cc3c(CCCCCCCC)c4sc(-c5nc(CCCCCCCC)c(Br)s5)cc4c(CCCCCCCC)c3s2)sc1Br.CCCCCCCCc1nc(-c2cc3c(CCCCCCCC)c4sc(-c5nc(CCCCCCCC)c(C)s5)cc4c(CCCCCCCC)c3s2)sc1C. The molecule has 0 atom stereocenters. The Bertz CT molecular complexity index is 3610. The fourth-order valence-electron chi connectivity index (χ4n) is 16.6. The van der Waals surface area contributed by atoms with Crippen molar-refractivity contribution in [1.82, 2.24) is 19.9 Å². The number of unbranched alkanes of at least 4 members (excludes halogenated alkanes) is 40. The first-order valence-electron chi connectivity index (χ1n) is 46.2. The van der Waals surface area contributed by atoms with Gasteiger partial charge in [0.2, 0.25) is 0 Å². The van der Waals surface area contributed by atoms with Gasteiger partial charge in [-0.15, -0.1) is 90.7 Å². The Morgan fingerprint density at radius 2 is 0.393 bits per heavy atom. The molecule has 14 heteroatoms. The molecule has 0 bridgehead atoms. The Morgan fingerprint density at radius 3 is 0.616 bits per heavy atom. The lowest BCUT2D eigenvalue weighted by Crippen LogP contribution is -1.93. The van der Waals surface area contributed by atoms with Crippen LogP contribution in [0, 0.1) is 13.8 Å². The Kier molecular flexibility index (Phi) is 44.7. The summed E-state index contributed by atoms with van der Waals surface area (Å²) in [6.45, 7) is 23.1. The number of thiophene rings is 4. The zero-order valence-corrected chi connectivity index (χ0v) is 81.4.